The second-order valence-corrected chi connectivity index (χ2v) is 7.67. The van der Waals surface area contributed by atoms with E-state index in [4.69, 9.17) is 9.15 Å². The first-order valence-corrected chi connectivity index (χ1v) is 8.72. The van der Waals surface area contributed by atoms with Crippen LogP contribution in [0.3, 0.4) is 0 Å². The monoisotopic (exact) mass is 351 g/mol. The van der Waals surface area contributed by atoms with Crippen molar-refractivity contribution in [1.82, 2.24) is 4.98 Å². The number of nitrogens with zero attached hydrogens (tertiary/aromatic N) is 1. The molecule has 1 aromatic carbocycles. The number of esters is 1. The fourth-order valence-corrected chi connectivity index (χ4v) is 3.79. The van der Waals surface area contributed by atoms with E-state index in [9.17, 15) is 9.90 Å². The van der Waals surface area contributed by atoms with Gasteiger partial charge in [0.25, 0.3) is 0 Å². The van der Waals surface area contributed by atoms with Gasteiger partial charge in [-0.15, -0.1) is 0 Å². The standard InChI is InChI=1S/C21H21NO4/c1-12-17-14(23)10-21(2,3)11-16(17)25-19(12)20(24)26-15-8-4-6-13-7-5-9-22-18(13)15/h4-9,14,23H,10-11H2,1-3H3/t14-/m0/s1. The van der Waals surface area contributed by atoms with E-state index in [2.05, 4.69) is 18.8 Å². The van der Waals surface area contributed by atoms with Crippen LogP contribution < -0.4 is 4.74 Å². The van der Waals surface area contributed by atoms with E-state index in [0.29, 0.717) is 35.4 Å². The Morgan fingerprint density at radius 1 is 1.31 bits per heavy atom. The summed E-state index contributed by atoms with van der Waals surface area (Å²) in [6.45, 7) is 5.95. The topological polar surface area (TPSA) is 72.6 Å². The lowest BCUT2D eigenvalue weighted by Gasteiger charge is -2.31. The summed E-state index contributed by atoms with van der Waals surface area (Å²) in [7, 11) is 0. The molecule has 5 heteroatoms. The number of aliphatic hydroxyl groups is 1. The Bertz CT molecular complexity index is 997. The highest BCUT2D eigenvalue weighted by Gasteiger charge is 2.37. The molecule has 0 amide bonds. The van der Waals surface area contributed by atoms with Crippen molar-refractivity contribution in [3.05, 3.63) is 59.2 Å². The average molecular weight is 351 g/mol. The Hall–Kier alpha value is -2.66. The van der Waals surface area contributed by atoms with Crippen LogP contribution in [0.4, 0.5) is 0 Å². The summed E-state index contributed by atoms with van der Waals surface area (Å²) in [6.07, 6.45) is 2.36. The van der Waals surface area contributed by atoms with Crippen molar-refractivity contribution in [3.8, 4) is 5.75 Å². The van der Waals surface area contributed by atoms with Crippen LogP contribution in [0.1, 0.15) is 53.8 Å². The van der Waals surface area contributed by atoms with Gasteiger partial charge in [-0.25, -0.2) is 4.79 Å². The molecule has 0 radical (unpaired) electrons. The lowest BCUT2D eigenvalue weighted by Crippen LogP contribution is -2.24. The first-order chi connectivity index (χ1) is 12.4. The molecule has 0 spiro atoms. The predicted molar refractivity (Wildman–Crippen MR) is 97.2 cm³/mol. The molecule has 2 aromatic heterocycles. The van der Waals surface area contributed by atoms with Gasteiger partial charge in [0, 0.05) is 29.1 Å². The summed E-state index contributed by atoms with van der Waals surface area (Å²) in [6, 6.07) is 9.19. The van der Waals surface area contributed by atoms with Crippen LogP contribution >= 0.6 is 0 Å². The molecule has 3 aromatic rings. The molecule has 1 N–H and O–H groups in total. The van der Waals surface area contributed by atoms with Crippen LogP contribution in [0.5, 0.6) is 5.75 Å². The van der Waals surface area contributed by atoms with Gasteiger partial charge < -0.3 is 14.3 Å². The van der Waals surface area contributed by atoms with Crippen LogP contribution in [-0.4, -0.2) is 16.1 Å². The largest absolute Gasteiger partial charge is 0.453 e. The second-order valence-electron chi connectivity index (χ2n) is 7.67. The number of carbonyl (C=O) groups is 1. The summed E-state index contributed by atoms with van der Waals surface area (Å²) < 4.78 is 11.4. The smallest absolute Gasteiger partial charge is 0.379 e. The van der Waals surface area contributed by atoms with Gasteiger partial charge in [0.05, 0.1) is 6.10 Å². The Labute approximate surface area is 151 Å². The normalized spacial score (nSPS) is 18.5. The minimum absolute atomic E-state index is 0.0720. The highest BCUT2D eigenvalue weighted by atomic mass is 16.5. The van der Waals surface area contributed by atoms with Crippen molar-refractivity contribution in [2.75, 3.05) is 0 Å². The summed E-state index contributed by atoms with van der Waals surface area (Å²) >= 11 is 0. The second kappa shape index (κ2) is 5.95. The minimum atomic E-state index is -0.627. The van der Waals surface area contributed by atoms with Gasteiger partial charge >= 0.3 is 5.97 Å². The Morgan fingerprint density at radius 2 is 2.08 bits per heavy atom. The molecular weight excluding hydrogens is 330 g/mol. The highest BCUT2D eigenvalue weighted by molar-refractivity contribution is 5.93. The number of benzene rings is 1. The quantitative estimate of drug-likeness (QED) is 0.548. The zero-order valence-electron chi connectivity index (χ0n) is 15.1. The van der Waals surface area contributed by atoms with Gasteiger partial charge in [-0.2, -0.15) is 0 Å². The Balaban J connectivity index is 1.69. The maximum absolute atomic E-state index is 12.7. The van der Waals surface area contributed by atoms with Crippen LogP contribution in [-0.2, 0) is 6.42 Å². The van der Waals surface area contributed by atoms with Gasteiger partial charge in [-0.05, 0) is 30.9 Å². The van der Waals surface area contributed by atoms with Crippen molar-refractivity contribution >= 4 is 16.9 Å². The molecule has 26 heavy (non-hydrogen) atoms. The third kappa shape index (κ3) is 2.78. The fourth-order valence-electron chi connectivity index (χ4n) is 3.79. The van der Waals surface area contributed by atoms with Gasteiger partial charge in [0.2, 0.25) is 5.76 Å². The number of aromatic nitrogens is 1. The molecule has 1 atom stereocenters. The molecule has 0 bridgehead atoms. The summed E-state index contributed by atoms with van der Waals surface area (Å²) in [5.41, 5.74) is 1.93. The van der Waals surface area contributed by atoms with Crippen LogP contribution in [0.25, 0.3) is 10.9 Å². The molecule has 1 aliphatic rings. The molecule has 5 nitrogen and oxygen atoms in total. The van der Waals surface area contributed by atoms with Gasteiger partial charge in [-0.3, -0.25) is 4.98 Å². The number of hydrogen-bond acceptors (Lipinski definition) is 5. The Morgan fingerprint density at radius 3 is 2.88 bits per heavy atom. The number of hydrogen-bond donors (Lipinski definition) is 1. The van der Waals surface area contributed by atoms with Crippen molar-refractivity contribution in [2.24, 2.45) is 5.41 Å². The summed E-state index contributed by atoms with van der Waals surface area (Å²) in [5, 5.41) is 11.4. The number of rotatable bonds is 2. The molecule has 1 aliphatic carbocycles. The van der Waals surface area contributed by atoms with Gasteiger partial charge in [0.1, 0.15) is 11.3 Å². The number of pyridine rings is 1. The Kier molecular flexibility index (Phi) is 3.84. The summed E-state index contributed by atoms with van der Waals surface area (Å²) in [4.78, 5) is 17.0. The zero-order valence-corrected chi connectivity index (χ0v) is 15.1. The zero-order chi connectivity index (χ0) is 18.5. The number of para-hydroxylation sites is 1. The lowest BCUT2D eigenvalue weighted by molar-refractivity contribution is 0.0692. The minimum Gasteiger partial charge on any atom is -0.453 e. The van der Waals surface area contributed by atoms with E-state index in [1.165, 1.54) is 0 Å². The predicted octanol–water partition coefficient (Wildman–Crippen LogP) is 4.36. The third-order valence-corrected chi connectivity index (χ3v) is 4.97. The third-order valence-electron chi connectivity index (χ3n) is 4.97. The molecular formula is C21H21NO4. The van der Waals surface area contributed by atoms with E-state index >= 15 is 0 Å². The van der Waals surface area contributed by atoms with Crippen molar-refractivity contribution < 1.29 is 19.1 Å². The van der Waals surface area contributed by atoms with Crippen LogP contribution in [0.15, 0.2) is 40.9 Å². The number of carbonyl (C=O) groups excluding carboxylic acids is 1. The highest BCUT2D eigenvalue weighted by Crippen LogP contribution is 2.44. The van der Waals surface area contributed by atoms with Crippen LogP contribution in [0, 0.1) is 12.3 Å². The van der Waals surface area contributed by atoms with Crippen LogP contribution in [0.2, 0.25) is 0 Å². The van der Waals surface area contributed by atoms with E-state index in [-0.39, 0.29) is 11.2 Å². The number of fused-ring (bicyclic) bond motifs is 2. The molecule has 0 saturated carbocycles. The van der Waals surface area contributed by atoms with Crippen molar-refractivity contribution in [2.45, 2.75) is 39.7 Å². The van der Waals surface area contributed by atoms with Crippen molar-refractivity contribution in [3.63, 3.8) is 0 Å². The molecule has 2 heterocycles. The molecule has 0 unspecified atom stereocenters. The SMILES string of the molecule is Cc1c(C(=O)Oc2cccc3cccnc23)oc2c1[C@@H](O)CC(C)(C)C2. The lowest BCUT2D eigenvalue weighted by atomic mass is 9.75. The molecule has 0 saturated heterocycles. The first kappa shape index (κ1) is 16.8. The molecule has 134 valence electrons. The number of aliphatic hydroxyl groups excluding tert-OH is 1. The summed E-state index contributed by atoms with van der Waals surface area (Å²) in [5.74, 6) is 0.650. The number of ether oxygens (including phenoxy) is 1. The number of furan rings is 1. The van der Waals surface area contributed by atoms with E-state index in [0.717, 1.165) is 10.9 Å². The van der Waals surface area contributed by atoms with Gasteiger partial charge in [-0.1, -0.05) is 32.0 Å². The van der Waals surface area contributed by atoms with E-state index < -0.39 is 12.1 Å². The molecule has 0 fully saturated rings. The first-order valence-electron chi connectivity index (χ1n) is 8.72. The van der Waals surface area contributed by atoms with E-state index in [1.54, 1.807) is 19.2 Å². The average Bonchev–Trinajstić information content (AvgIpc) is 2.90. The molecule has 0 aliphatic heterocycles. The fraction of sp³-hybridized carbons (Fsp3) is 0.333. The van der Waals surface area contributed by atoms with Crippen molar-refractivity contribution in [1.29, 1.82) is 0 Å². The van der Waals surface area contributed by atoms with Gasteiger partial charge in [0.15, 0.2) is 5.75 Å². The maximum atomic E-state index is 12.7. The maximum Gasteiger partial charge on any atom is 0.379 e. The van der Waals surface area contributed by atoms with E-state index in [1.807, 2.05) is 24.3 Å². The molecule has 4 rings (SSSR count).